The van der Waals surface area contributed by atoms with E-state index in [0.29, 0.717) is 6.42 Å². The van der Waals surface area contributed by atoms with E-state index in [9.17, 15) is 9.59 Å². The Morgan fingerprint density at radius 3 is 2.03 bits per heavy atom. The maximum absolute atomic E-state index is 12.6. The molecule has 0 radical (unpaired) electrons. The first-order valence-corrected chi connectivity index (χ1v) is 11.6. The highest BCUT2D eigenvalue weighted by atomic mass is 127. The number of hydrogen-bond donors (Lipinski definition) is 1. The van der Waals surface area contributed by atoms with Crippen LogP contribution in [0, 0.1) is 0 Å². The highest BCUT2D eigenvalue weighted by Gasteiger charge is 2.30. The zero-order valence-electron chi connectivity index (χ0n) is 16.8. The molecule has 1 aliphatic rings. The number of hydrogen-bond acceptors (Lipinski definition) is 4. The molecule has 1 atom stereocenters. The van der Waals surface area contributed by atoms with Gasteiger partial charge in [0.05, 0.1) is 0 Å². The highest BCUT2D eigenvalue weighted by molar-refractivity contribution is 14.1. The van der Waals surface area contributed by atoms with Gasteiger partial charge in [0.25, 0.3) is 0 Å². The fourth-order valence-corrected chi connectivity index (χ4v) is 4.29. The minimum Gasteiger partial charge on any atom is -0.453 e. The molecule has 31 heavy (non-hydrogen) atoms. The predicted molar refractivity (Wildman–Crippen MR) is 127 cm³/mol. The number of esters is 1. The fraction of sp³-hybridized carbons (Fsp3) is 0.200. The first-order valence-electron chi connectivity index (χ1n) is 10.1. The SMILES string of the molecule is O=C(N[C@@H](Cc1ccccc1)C(=O)OCI)OCC1c2ccccc2-c2ccccc21. The Kier molecular flexibility index (Phi) is 6.86. The predicted octanol–water partition coefficient (Wildman–Crippen LogP) is 5.07. The minimum absolute atomic E-state index is 0.0352. The molecule has 1 N–H and O–H groups in total. The van der Waals surface area contributed by atoms with E-state index in [1.165, 1.54) is 11.1 Å². The number of rotatable bonds is 7. The van der Waals surface area contributed by atoms with Gasteiger partial charge in [-0.1, -0.05) is 78.9 Å². The Morgan fingerprint density at radius 2 is 1.42 bits per heavy atom. The van der Waals surface area contributed by atoms with Gasteiger partial charge in [0.15, 0.2) is 0 Å². The molecule has 0 saturated carbocycles. The number of carbonyl (C=O) groups is 2. The molecule has 3 aromatic carbocycles. The lowest BCUT2D eigenvalue weighted by Crippen LogP contribution is -2.43. The zero-order valence-corrected chi connectivity index (χ0v) is 19.0. The summed E-state index contributed by atoms with van der Waals surface area (Å²) in [4.78, 5) is 25.0. The topological polar surface area (TPSA) is 64.6 Å². The molecule has 6 heteroatoms. The van der Waals surface area contributed by atoms with Crippen LogP contribution >= 0.6 is 22.6 Å². The van der Waals surface area contributed by atoms with Gasteiger partial charge in [0.1, 0.15) is 17.3 Å². The standard InChI is InChI=1S/C25H22INO4/c26-16-31-24(28)23(14-17-8-2-1-3-9-17)27-25(29)30-15-22-20-12-6-4-10-18(20)19-11-5-7-13-21(19)22/h1-13,22-23H,14-16H2,(H,27,29)/t23-/m0/s1. The second-order valence-corrected chi connectivity index (χ2v) is 7.91. The number of fused-ring (bicyclic) bond motifs is 3. The normalized spacial score (nSPS) is 13.1. The Hall–Kier alpha value is -2.87. The molecule has 5 nitrogen and oxygen atoms in total. The van der Waals surface area contributed by atoms with E-state index in [1.54, 1.807) is 0 Å². The number of alkyl carbamates (subject to hydrolysis) is 1. The molecule has 1 amide bonds. The molecule has 0 fully saturated rings. The summed E-state index contributed by atoms with van der Waals surface area (Å²) in [5, 5.41) is 2.68. The van der Waals surface area contributed by atoms with Crippen LogP contribution in [0.2, 0.25) is 0 Å². The van der Waals surface area contributed by atoms with Crippen LogP contribution in [0.5, 0.6) is 0 Å². The Labute approximate surface area is 194 Å². The van der Waals surface area contributed by atoms with Crippen LogP contribution in [0.1, 0.15) is 22.6 Å². The third-order valence-electron chi connectivity index (χ3n) is 5.40. The molecule has 0 saturated heterocycles. The van der Waals surface area contributed by atoms with Gasteiger partial charge in [0, 0.05) is 12.3 Å². The van der Waals surface area contributed by atoms with Gasteiger partial charge >= 0.3 is 12.1 Å². The van der Waals surface area contributed by atoms with Gasteiger partial charge < -0.3 is 14.8 Å². The maximum Gasteiger partial charge on any atom is 0.407 e. The van der Waals surface area contributed by atoms with Crippen LogP contribution in [0.25, 0.3) is 11.1 Å². The van der Waals surface area contributed by atoms with Crippen molar-refractivity contribution in [1.82, 2.24) is 5.32 Å². The molecule has 0 spiro atoms. The summed E-state index contributed by atoms with van der Waals surface area (Å²) in [5.74, 6) is -0.515. The average Bonchev–Trinajstić information content (AvgIpc) is 3.12. The lowest BCUT2D eigenvalue weighted by molar-refractivity contribution is -0.143. The molecule has 4 rings (SSSR count). The van der Waals surface area contributed by atoms with E-state index in [1.807, 2.05) is 77.2 Å². The van der Waals surface area contributed by atoms with Crippen molar-refractivity contribution in [2.24, 2.45) is 0 Å². The summed E-state index contributed by atoms with van der Waals surface area (Å²) in [6.07, 6.45) is -0.297. The largest absolute Gasteiger partial charge is 0.453 e. The van der Waals surface area contributed by atoms with Crippen molar-refractivity contribution in [2.45, 2.75) is 18.4 Å². The van der Waals surface area contributed by atoms with E-state index in [0.717, 1.165) is 16.7 Å². The third kappa shape index (κ3) is 4.90. The van der Waals surface area contributed by atoms with Crippen molar-refractivity contribution in [2.75, 3.05) is 11.2 Å². The molecular formula is C25H22INO4. The first kappa shape index (κ1) is 21.4. The Bertz CT molecular complexity index is 1020. The number of alkyl halides is 1. The van der Waals surface area contributed by atoms with Gasteiger partial charge in [-0.3, -0.25) is 0 Å². The van der Waals surface area contributed by atoms with Crippen LogP contribution in [0.3, 0.4) is 0 Å². The van der Waals surface area contributed by atoms with E-state index in [-0.39, 0.29) is 17.1 Å². The second-order valence-electron chi connectivity index (χ2n) is 7.28. The molecule has 1 aliphatic carbocycles. The molecule has 3 aromatic rings. The van der Waals surface area contributed by atoms with Crippen molar-refractivity contribution >= 4 is 34.7 Å². The summed E-state index contributed by atoms with van der Waals surface area (Å²) in [6, 6.07) is 25.0. The summed E-state index contributed by atoms with van der Waals surface area (Å²) < 4.78 is 10.9. The van der Waals surface area contributed by atoms with Crippen molar-refractivity contribution in [3.05, 3.63) is 95.6 Å². The van der Waals surface area contributed by atoms with Crippen molar-refractivity contribution < 1.29 is 19.1 Å². The summed E-state index contributed by atoms with van der Waals surface area (Å²) in [6.45, 7) is 0.194. The van der Waals surface area contributed by atoms with Gasteiger partial charge in [0.2, 0.25) is 0 Å². The first-order chi connectivity index (χ1) is 15.2. The van der Waals surface area contributed by atoms with Gasteiger partial charge in [-0.25, -0.2) is 9.59 Å². The number of nitrogens with one attached hydrogen (secondary N) is 1. The van der Waals surface area contributed by atoms with E-state index >= 15 is 0 Å². The molecule has 158 valence electrons. The minimum atomic E-state index is -0.812. The Morgan fingerprint density at radius 1 is 0.839 bits per heavy atom. The van der Waals surface area contributed by atoms with Gasteiger partial charge in [-0.05, 0) is 50.4 Å². The fourth-order valence-electron chi connectivity index (χ4n) is 3.98. The lowest BCUT2D eigenvalue weighted by Gasteiger charge is -2.19. The lowest BCUT2D eigenvalue weighted by atomic mass is 9.98. The zero-order chi connectivity index (χ0) is 21.6. The van der Waals surface area contributed by atoms with Crippen molar-refractivity contribution in [3.8, 4) is 11.1 Å². The summed E-state index contributed by atoms with van der Waals surface area (Å²) in [7, 11) is 0. The smallest absolute Gasteiger partial charge is 0.407 e. The van der Waals surface area contributed by atoms with E-state index in [2.05, 4.69) is 29.6 Å². The van der Waals surface area contributed by atoms with Crippen molar-refractivity contribution in [3.63, 3.8) is 0 Å². The quantitative estimate of drug-likeness (QED) is 0.265. The molecule has 0 bridgehead atoms. The monoisotopic (exact) mass is 527 g/mol. The molecule has 0 unspecified atom stereocenters. The highest BCUT2D eigenvalue weighted by Crippen LogP contribution is 2.44. The molecule has 0 heterocycles. The molecule has 0 aromatic heterocycles. The summed E-state index contributed by atoms with van der Waals surface area (Å²) in [5.41, 5.74) is 5.54. The van der Waals surface area contributed by atoms with Crippen LogP contribution in [-0.4, -0.2) is 29.3 Å². The van der Waals surface area contributed by atoms with E-state index < -0.39 is 18.1 Å². The van der Waals surface area contributed by atoms with Crippen LogP contribution in [0.15, 0.2) is 78.9 Å². The summed E-state index contributed by atoms with van der Waals surface area (Å²) >= 11 is 1.96. The van der Waals surface area contributed by atoms with Crippen LogP contribution < -0.4 is 5.32 Å². The molecular weight excluding hydrogens is 505 g/mol. The van der Waals surface area contributed by atoms with E-state index in [4.69, 9.17) is 9.47 Å². The van der Waals surface area contributed by atoms with Gasteiger partial charge in [-0.15, -0.1) is 0 Å². The van der Waals surface area contributed by atoms with Crippen molar-refractivity contribution in [1.29, 1.82) is 0 Å². The number of benzene rings is 3. The Balaban J connectivity index is 1.44. The second kappa shape index (κ2) is 9.96. The number of ether oxygens (including phenoxy) is 2. The number of halogens is 1. The van der Waals surface area contributed by atoms with Gasteiger partial charge in [-0.2, -0.15) is 0 Å². The third-order valence-corrected chi connectivity index (χ3v) is 5.71. The van der Waals surface area contributed by atoms with Crippen LogP contribution in [0.4, 0.5) is 4.79 Å². The maximum atomic E-state index is 12.6. The number of carbonyl (C=O) groups excluding carboxylic acids is 2. The molecule has 0 aliphatic heterocycles. The van der Waals surface area contributed by atoms with Crippen LogP contribution in [-0.2, 0) is 20.7 Å². The average molecular weight is 527 g/mol. The number of amides is 1.